The second kappa shape index (κ2) is 9.08. The van der Waals surface area contributed by atoms with Gasteiger partial charge in [-0.2, -0.15) is 0 Å². The highest BCUT2D eigenvalue weighted by molar-refractivity contribution is 8.01. The van der Waals surface area contributed by atoms with E-state index in [1.165, 1.54) is 36.0 Å². The molecule has 0 aliphatic carbocycles. The van der Waals surface area contributed by atoms with Crippen molar-refractivity contribution in [2.45, 2.75) is 12.2 Å². The first-order chi connectivity index (χ1) is 12.0. The Bertz CT molecular complexity index is 720. The minimum absolute atomic E-state index is 0.120. The number of anilines is 2. The van der Waals surface area contributed by atoms with Crippen molar-refractivity contribution >= 4 is 35.0 Å². The highest BCUT2D eigenvalue weighted by Crippen LogP contribution is 2.18. The van der Waals surface area contributed by atoms with Crippen LogP contribution in [0.2, 0.25) is 0 Å². The Hall–Kier alpha value is -2.54. The number of methoxy groups -OCH3 is 1. The summed E-state index contributed by atoms with van der Waals surface area (Å²) < 4.78 is 17.9. The first-order valence-electron chi connectivity index (χ1n) is 7.60. The predicted octanol–water partition coefficient (Wildman–Crippen LogP) is 3.53. The summed E-state index contributed by atoms with van der Waals surface area (Å²) in [5, 5.41) is 5.04. The quantitative estimate of drug-likeness (QED) is 0.791. The smallest absolute Gasteiger partial charge is 0.237 e. The molecule has 0 saturated carbocycles. The number of thioether (sulfide) groups is 1. The number of amides is 2. The summed E-state index contributed by atoms with van der Waals surface area (Å²) in [6.45, 7) is 1.73. The molecule has 0 bridgehead atoms. The number of nitrogens with one attached hydrogen (secondary N) is 2. The van der Waals surface area contributed by atoms with Crippen molar-refractivity contribution in [2.75, 3.05) is 23.5 Å². The maximum Gasteiger partial charge on any atom is 0.237 e. The molecular weight excluding hydrogens is 343 g/mol. The third kappa shape index (κ3) is 6.11. The largest absolute Gasteiger partial charge is 0.497 e. The van der Waals surface area contributed by atoms with Crippen LogP contribution in [0, 0.1) is 5.82 Å². The summed E-state index contributed by atoms with van der Waals surface area (Å²) >= 11 is 1.22. The lowest BCUT2D eigenvalue weighted by Gasteiger charge is -2.12. The monoisotopic (exact) mass is 362 g/mol. The molecule has 1 unspecified atom stereocenters. The Labute approximate surface area is 150 Å². The van der Waals surface area contributed by atoms with Crippen LogP contribution in [0.25, 0.3) is 0 Å². The molecule has 0 aliphatic rings. The van der Waals surface area contributed by atoms with Gasteiger partial charge in [0.1, 0.15) is 11.6 Å². The number of rotatable bonds is 7. The Morgan fingerprint density at radius 1 is 1.04 bits per heavy atom. The summed E-state index contributed by atoms with van der Waals surface area (Å²) in [5.41, 5.74) is 1.18. The number of ether oxygens (including phenoxy) is 1. The topological polar surface area (TPSA) is 67.4 Å². The Kier molecular flexibility index (Phi) is 6.82. The minimum atomic E-state index is -0.402. The maximum absolute atomic E-state index is 12.8. The number of carbonyl (C=O) groups is 2. The van der Waals surface area contributed by atoms with Crippen molar-refractivity contribution in [3.8, 4) is 5.75 Å². The third-order valence-electron chi connectivity index (χ3n) is 3.32. The summed E-state index contributed by atoms with van der Waals surface area (Å²) in [6.07, 6.45) is 0. The van der Waals surface area contributed by atoms with Crippen LogP contribution < -0.4 is 15.4 Å². The second-order valence-electron chi connectivity index (χ2n) is 5.23. The van der Waals surface area contributed by atoms with Crippen LogP contribution in [0.5, 0.6) is 5.75 Å². The van der Waals surface area contributed by atoms with E-state index in [2.05, 4.69) is 10.6 Å². The summed E-state index contributed by atoms with van der Waals surface area (Å²) in [7, 11) is 1.57. The van der Waals surface area contributed by atoms with Gasteiger partial charge in [0.2, 0.25) is 11.8 Å². The Morgan fingerprint density at radius 2 is 1.60 bits per heavy atom. The van der Waals surface area contributed by atoms with Gasteiger partial charge in [-0.1, -0.05) is 0 Å². The van der Waals surface area contributed by atoms with Gasteiger partial charge in [0.25, 0.3) is 0 Å². The molecule has 25 heavy (non-hydrogen) atoms. The van der Waals surface area contributed by atoms with Crippen molar-refractivity contribution in [3.05, 3.63) is 54.3 Å². The van der Waals surface area contributed by atoms with Crippen molar-refractivity contribution in [1.82, 2.24) is 0 Å². The van der Waals surface area contributed by atoms with E-state index in [4.69, 9.17) is 4.74 Å². The van der Waals surface area contributed by atoms with Gasteiger partial charge in [0.15, 0.2) is 0 Å². The Morgan fingerprint density at radius 3 is 2.20 bits per heavy atom. The van der Waals surface area contributed by atoms with E-state index in [0.29, 0.717) is 17.1 Å². The lowest BCUT2D eigenvalue weighted by molar-refractivity contribution is -0.115. The van der Waals surface area contributed by atoms with Crippen LogP contribution >= 0.6 is 11.8 Å². The molecule has 1 atom stereocenters. The van der Waals surface area contributed by atoms with Gasteiger partial charge in [0.05, 0.1) is 18.1 Å². The number of halogens is 1. The van der Waals surface area contributed by atoms with Crippen molar-refractivity contribution < 1.29 is 18.7 Å². The molecule has 5 nitrogen and oxygen atoms in total. The first-order valence-corrected chi connectivity index (χ1v) is 8.65. The summed E-state index contributed by atoms with van der Waals surface area (Å²) in [5.74, 6) is 0.0220. The normalized spacial score (nSPS) is 11.5. The molecule has 0 radical (unpaired) electrons. The second-order valence-corrected chi connectivity index (χ2v) is 6.56. The lowest BCUT2D eigenvalue weighted by Crippen LogP contribution is -2.25. The van der Waals surface area contributed by atoms with Crippen LogP contribution in [-0.2, 0) is 9.59 Å². The van der Waals surface area contributed by atoms with Gasteiger partial charge in [-0.3, -0.25) is 9.59 Å². The van der Waals surface area contributed by atoms with Gasteiger partial charge in [-0.25, -0.2) is 4.39 Å². The van der Waals surface area contributed by atoms with Gasteiger partial charge >= 0.3 is 0 Å². The van der Waals surface area contributed by atoms with E-state index in [9.17, 15) is 14.0 Å². The highest BCUT2D eigenvalue weighted by atomic mass is 32.2. The molecule has 0 aliphatic heterocycles. The number of hydrogen-bond acceptors (Lipinski definition) is 4. The SMILES string of the molecule is COc1ccc(NC(=O)C(C)SCC(=O)Nc2ccc(F)cc2)cc1. The molecule has 2 rings (SSSR count). The molecule has 7 heteroatoms. The highest BCUT2D eigenvalue weighted by Gasteiger charge is 2.15. The molecular formula is C18H19FN2O3S. The molecule has 2 aromatic rings. The zero-order valence-electron chi connectivity index (χ0n) is 13.9. The van der Waals surface area contributed by atoms with Crippen LogP contribution in [0.15, 0.2) is 48.5 Å². The molecule has 0 saturated heterocycles. The van der Waals surface area contributed by atoms with Gasteiger partial charge in [-0.05, 0) is 55.5 Å². The number of carbonyl (C=O) groups excluding carboxylic acids is 2. The fraction of sp³-hybridized carbons (Fsp3) is 0.222. The fourth-order valence-electron chi connectivity index (χ4n) is 1.92. The number of hydrogen-bond donors (Lipinski definition) is 2. The first kappa shape index (κ1) is 18.8. The van der Waals surface area contributed by atoms with E-state index in [1.807, 2.05) is 0 Å². The van der Waals surface area contributed by atoms with Crippen LogP contribution in [0.1, 0.15) is 6.92 Å². The molecule has 2 aromatic carbocycles. The fourth-order valence-corrected chi connectivity index (χ4v) is 2.61. The average molecular weight is 362 g/mol. The van der Waals surface area contributed by atoms with E-state index in [1.54, 1.807) is 38.3 Å². The van der Waals surface area contributed by atoms with E-state index in [0.717, 1.165) is 0 Å². The van der Waals surface area contributed by atoms with Crippen molar-refractivity contribution in [3.63, 3.8) is 0 Å². The van der Waals surface area contributed by atoms with E-state index < -0.39 is 5.25 Å². The summed E-state index contributed by atoms with van der Waals surface area (Å²) in [4.78, 5) is 24.0. The van der Waals surface area contributed by atoms with Crippen molar-refractivity contribution in [1.29, 1.82) is 0 Å². The third-order valence-corrected chi connectivity index (χ3v) is 4.46. The zero-order valence-corrected chi connectivity index (χ0v) is 14.7. The van der Waals surface area contributed by atoms with Gasteiger partial charge in [-0.15, -0.1) is 11.8 Å². The maximum atomic E-state index is 12.8. The van der Waals surface area contributed by atoms with Crippen LogP contribution in [-0.4, -0.2) is 29.9 Å². The van der Waals surface area contributed by atoms with E-state index in [-0.39, 0.29) is 23.4 Å². The molecule has 0 aromatic heterocycles. The molecule has 2 amide bonds. The molecule has 0 heterocycles. The minimum Gasteiger partial charge on any atom is -0.497 e. The van der Waals surface area contributed by atoms with Gasteiger partial charge < -0.3 is 15.4 Å². The molecule has 0 spiro atoms. The predicted molar refractivity (Wildman–Crippen MR) is 98.6 cm³/mol. The standard InChI is InChI=1S/C18H19FN2O3S/c1-12(18(23)21-15-7-9-16(24-2)10-8-15)25-11-17(22)20-14-5-3-13(19)4-6-14/h3-10,12H,11H2,1-2H3,(H,20,22)(H,21,23). The van der Waals surface area contributed by atoms with Crippen LogP contribution in [0.4, 0.5) is 15.8 Å². The number of benzene rings is 2. The molecule has 2 N–H and O–H groups in total. The van der Waals surface area contributed by atoms with Crippen LogP contribution in [0.3, 0.4) is 0 Å². The lowest BCUT2D eigenvalue weighted by atomic mass is 10.3. The Balaban J connectivity index is 1.77. The zero-order chi connectivity index (χ0) is 18.2. The molecule has 132 valence electrons. The summed E-state index contributed by atoms with van der Waals surface area (Å²) in [6, 6.07) is 12.5. The van der Waals surface area contributed by atoms with Gasteiger partial charge in [0, 0.05) is 11.4 Å². The average Bonchev–Trinajstić information content (AvgIpc) is 2.62. The molecule has 0 fully saturated rings. The van der Waals surface area contributed by atoms with E-state index >= 15 is 0 Å². The van der Waals surface area contributed by atoms with Crippen molar-refractivity contribution in [2.24, 2.45) is 0 Å².